The number of halogens is 1. The van der Waals surface area contributed by atoms with Crippen LogP contribution in [-0.2, 0) is 0 Å². The lowest BCUT2D eigenvalue weighted by Gasteiger charge is -2.48. The molecule has 0 radical (unpaired) electrons. The second-order valence-electron chi connectivity index (χ2n) is 8.86. The normalized spacial score (nSPS) is 17.1. The first-order valence-electron chi connectivity index (χ1n) is 11.5. The molecule has 2 aliphatic heterocycles. The van der Waals surface area contributed by atoms with Crippen molar-refractivity contribution >= 4 is 45.8 Å². The maximum absolute atomic E-state index is 13.3. The molecule has 2 aromatic carbocycles. The summed E-state index contributed by atoms with van der Waals surface area (Å²) in [5, 5.41) is 2.46. The van der Waals surface area contributed by atoms with Crippen LogP contribution in [0.4, 0.5) is 0 Å². The number of imidazole rings is 1. The highest BCUT2D eigenvalue weighted by Crippen LogP contribution is 2.27. The van der Waals surface area contributed by atoms with Crippen molar-refractivity contribution in [3.63, 3.8) is 0 Å². The Balaban J connectivity index is 1.10. The fourth-order valence-corrected chi connectivity index (χ4v) is 5.39. The molecule has 0 unspecified atom stereocenters. The zero-order chi connectivity index (χ0) is 23.9. The first kappa shape index (κ1) is 22.2. The molecule has 2 aliphatic rings. The van der Waals surface area contributed by atoms with Crippen LogP contribution < -0.4 is 0 Å². The molecule has 4 heterocycles. The number of amides is 2. The minimum absolute atomic E-state index is 0.00128. The van der Waals surface area contributed by atoms with Crippen LogP contribution in [-0.4, -0.2) is 86.8 Å². The summed E-state index contributed by atoms with van der Waals surface area (Å²) < 4.78 is 0. The largest absolute Gasteiger partial charge is 0.338 e. The zero-order valence-electron chi connectivity index (χ0n) is 18.9. The van der Waals surface area contributed by atoms with Gasteiger partial charge in [0.2, 0.25) is 0 Å². The van der Waals surface area contributed by atoms with Crippen molar-refractivity contribution in [3.8, 4) is 11.4 Å². The number of H-pyrrole nitrogens is 1. The molecular formula is C25H23ClN6O2S. The lowest BCUT2D eigenvalue weighted by Crippen LogP contribution is -2.64. The molecule has 2 fully saturated rings. The molecule has 2 amide bonds. The van der Waals surface area contributed by atoms with Crippen LogP contribution in [0, 0.1) is 0 Å². The molecule has 0 atom stereocenters. The molecule has 0 bridgehead atoms. The van der Waals surface area contributed by atoms with Gasteiger partial charge in [-0.15, -0.1) is 11.3 Å². The lowest BCUT2D eigenvalue weighted by molar-refractivity contribution is 0.00853. The number of aromatic nitrogens is 3. The Kier molecular flexibility index (Phi) is 5.75. The molecular weight excluding hydrogens is 484 g/mol. The Labute approximate surface area is 211 Å². The third kappa shape index (κ3) is 4.20. The molecule has 35 heavy (non-hydrogen) atoms. The summed E-state index contributed by atoms with van der Waals surface area (Å²) in [5.74, 6) is 0.711. The topological polar surface area (TPSA) is 85.4 Å². The van der Waals surface area contributed by atoms with E-state index in [-0.39, 0.29) is 11.8 Å². The molecule has 0 aliphatic carbocycles. The molecule has 2 saturated heterocycles. The Bertz CT molecular complexity index is 1370. The predicted octanol–water partition coefficient (Wildman–Crippen LogP) is 3.62. The highest BCUT2D eigenvalue weighted by atomic mass is 35.5. The minimum Gasteiger partial charge on any atom is -0.338 e. The second kappa shape index (κ2) is 9.07. The number of piperazine rings is 1. The number of para-hydroxylation sites is 1. The van der Waals surface area contributed by atoms with E-state index in [9.17, 15) is 9.59 Å². The van der Waals surface area contributed by atoms with E-state index in [1.807, 2.05) is 52.3 Å². The number of benzene rings is 2. The smallest absolute Gasteiger partial charge is 0.273 e. The summed E-state index contributed by atoms with van der Waals surface area (Å²) in [5.41, 5.74) is 5.25. The van der Waals surface area contributed by atoms with E-state index in [4.69, 9.17) is 16.6 Å². The Hall–Kier alpha value is -3.27. The average Bonchev–Trinajstić information content (AvgIpc) is 3.54. The summed E-state index contributed by atoms with van der Waals surface area (Å²) in [6, 6.07) is 13.4. The van der Waals surface area contributed by atoms with Crippen LogP contribution in [0.25, 0.3) is 22.4 Å². The monoisotopic (exact) mass is 506 g/mol. The number of nitrogens with zero attached hydrogens (tertiary/aromatic N) is 5. The molecule has 4 aromatic rings. The number of carbonyl (C=O) groups excluding carboxylic acids is 2. The fraction of sp³-hybridized carbons (Fsp3) is 0.280. The highest BCUT2D eigenvalue weighted by molar-refractivity contribution is 7.07. The van der Waals surface area contributed by atoms with E-state index in [0.29, 0.717) is 59.8 Å². The summed E-state index contributed by atoms with van der Waals surface area (Å²) in [6.45, 7) is 4.35. The molecule has 2 aromatic heterocycles. The van der Waals surface area contributed by atoms with E-state index >= 15 is 0 Å². The maximum atomic E-state index is 13.3. The van der Waals surface area contributed by atoms with E-state index in [0.717, 1.165) is 24.2 Å². The Morgan fingerprint density at radius 2 is 1.74 bits per heavy atom. The number of nitrogens with one attached hydrogen (secondary N) is 1. The van der Waals surface area contributed by atoms with Crippen molar-refractivity contribution in [1.29, 1.82) is 0 Å². The number of hydrogen-bond acceptors (Lipinski definition) is 6. The van der Waals surface area contributed by atoms with Crippen molar-refractivity contribution in [1.82, 2.24) is 29.7 Å². The van der Waals surface area contributed by atoms with Gasteiger partial charge >= 0.3 is 0 Å². The van der Waals surface area contributed by atoms with Crippen molar-refractivity contribution in [2.75, 3.05) is 39.3 Å². The average molecular weight is 507 g/mol. The van der Waals surface area contributed by atoms with Gasteiger partial charge in [0.25, 0.3) is 11.8 Å². The van der Waals surface area contributed by atoms with Crippen LogP contribution >= 0.6 is 22.9 Å². The van der Waals surface area contributed by atoms with Crippen molar-refractivity contribution in [3.05, 3.63) is 69.6 Å². The van der Waals surface area contributed by atoms with Gasteiger partial charge in [0.1, 0.15) is 17.0 Å². The molecule has 8 nitrogen and oxygen atoms in total. The van der Waals surface area contributed by atoms with Gasteiger partial charge in [0.15, 0.2) is 0 Å². The van der Waals surface area contributed by atoms with Gasteiger partial charge in [-0.05, 0) is 36.4 Å². The number of fused-ring (bicyclic) bond motifs is 1. The summed E-state index contributed by atoms with van der Waals surface area (Å²) >= 11 is 7.44. The third-order valence-electron chi connectivity index (χ3n) is 6.78. The van der Waals surface area contributed by atoms with Crippen LogP contribution in [0.2, 0.25) is 5.02 Å². The van der Waals surface area contributed by atoms with Gasteiger partial charge in [-0.1, -0.05) is 17.7 Å². The first-order chi connectivity index (χ1) is 17.1. The Morgan fingerprint density at radius 3 is 2.46 bits per heavy atom. The Morgan fingerprint density at radius 1 is 0.971 bits per heavy atom. The van der Waals surface area contributed by atoms with Gasteiger partial charge in [0.05, 0.1) is 16.6 Å². The number of hydrogen-bond donors (Lipinski definition) is 1. The van der Waals surface area contributed by atoms with E-state index in [2.05, 4.69) is 14.9 Å². The van der Waals surface area contributed by atoms with Crippen molar-refractivity contribution in [2.45, 2.75) is 6.04 Å². The fourth-order valence-electron chi connectivity index (χ4n) is 4.74. The number of rotatable bonds is 4. The quantitative estimate of drug-likeness (QED) is 0.457. The number of aromatic amines is 1. The van der Waals surface area contributed by atoms with E-state index < -0.39 is 0 Å². The van der Waals surface area contributed by atoms with Gasteiger partial charge in [-0.2, -0.15) is 0 Å². The molecule has 0 spiro atoms. The third-order valence-corrected chi connectivity index (χ3v) is 7.62. The summed E-state index contributed by atoms with van der Waals surface area (Å²) in [6.07, 6.45) is 0. The molecule has 0 saturated carbocycles. The van der Waals surface area contributed by atoms with Crippen molar-refractivity contribution in [2.24, 2.45) is 0 Å². The van der Waals surface area contributed by atoms with E-state index in [1.165, 1.54) is 11.3 Å². The maximum Gasteiger partial charge on any atom is 0.273 e. The van der Waals surface area contributed by atoms with Crippen molar-refractivity contribution < 1.29 is 9.59 Å². The predicted molar refractivity (Wildman–Crippen MR) is 136 cm³/mol. The van der Waals surface area contributed by atoms with Gasteiger partial charge in [-0.25, -0.2) is 9.97 Å². The second-order valence-corrected chi connectivity index (χ2v) is 10.0. The number of carbonyl (C=O) groups is 2. The minimum atomic E-state index is -0.00153. The summed E-state index contributed by atoms with van der Waals surface area (Å²) in [7, 11) is 0. The van der Waals surface area contributed by atoms with Gasteiger partial charge in [-0.3, -0.25) is 14.5 Å². The van der Waals surface area contributed by atoms with Crippen LogP contribution in [0.5, 0.6) is 0 Å². The zero-order valence-corrected chi connectivity index (χ0v) is 20.4. The van der Waals surface area contributed by atoms with Crippen LogP contribution in [0.3, 0.4) is 0 Å². The van der Waals surface area contributed by atoms with Crippen LogP contribution in [0.15, 0.2) is 53.4 Å². The lowest BCUT2D eigenvalue weighted by atomic mass is 10.0. The summed E-state index contributed by atoms with van der Waals surface area (Å²) in [4.78, 5) is 44.1. The number of thiazole rings is 1. The van der Waals surface area contributed by atoms with Gasteiger partial charge < -0.3 is 14.8 Å². The molecule has 1 N–H and O–H groups in total. The van der Waals surface area contributed by atoms with Gasteiger partial charge in [0, 0.05) is 61.3 Å². The highest BCUT2D eigenvalue weighted by Gasteiger charge is 2.37. The molecule has 6 rings (SSSR count). The standard InChI is InChI=1S/C25H23ClN6O2S/c26-17-6-4-16(5-7-17)23-28-20-3-1-2-19(22(20)29-23)24(33)32-12-18(13-32)30-8-10-31(11-9-30)25(34)21-14-35-15-27-21/h1-7,14-15,18H,8-13H2,(H,28,29). The molecule has 10 heteroatoms. The molecule has 178 valence electrons. The first-order valence-corrected chi connectivity index (χ1v) is 12.8. The number of likely N-dealkylation sites (tertiary alicyclic amines) is 1. The van der Waals surface area contributed by atoms with E-state index in [1.54, 1.807) is 10.9 Å². The SMILES string of the molecule is O=C(c1cscn1)N1CCN(C2CN(C(=O)c3cccc4[nH]c(-c5ccc(Cl)cc5)nc34)C2)CC1. The van der Waals surface area contributed by atoms with Crippen LogP contribution in [0.1, 0.15) is 20.8 Å².